The molecule has 104 valence electrons. The first kappa shape index (κ1) is 13.3. The van der Waals surface area contributed by atoms with E-state index in [-0.39, 0.29) is 0 Å². The molecule has 3 heteroatoms. The maximum Gasteiger partial charge on any atom is 0.205 e. The van der Waals surface area contributed by atoms with Gasteiger partial charge in [0.2, 0.25) is 5.79 Å². The van der Waals surface area contributed by atoms with E-state index in [9.17, 15) is 5.11 Å². The van der Waals surface area contributed by atoms with E-state index in [4.69, 9.17) is 4.74 Å². The number of aliphatic hydroxyl groups is 1. The Balaban J connectivity index is 1.73. The van der Waals surface area contributed by atoms with Gasteiger partial charge in [-0.25, -0.2) is 0 Å². The Morgan fingerprint density at radius 1 is 1.00 bits per heavy atom. The van der Waals surface area contributed by atoms with Gasteiger partial charge in [-0.15, -0.1) is 0 Å². The quantitative estimate of drug-likeness (QED) is 0.928. The van der Waals surface area contributed by atoms with Gasteiger partial charge in [-0.3, -0.25) is 4.90 Å². The summed E-state index contributed by atoms with van der Waals surface area (Å²) in [5.41, 5.74) is 2.07. The van der Waals surface area contributed by atoms with E-state index in [2.05, 4.69) is 17.0 Å². The molecule has 1 fully saturated rings. The van der Waals surface area contributed by atoms with Crippen LogP contribution in [0.1, 0.15) is 11.1 Å². The van der Waals surface area contributed by atoms with Crippen molar-refractivity contribution in [2.24, 2.45) is 0 Å². The van der Waals surface area contributed by atoms with Gasteiger partial charge in [0, 0.05) is 18.7 Å². The van der Waals surface area contributed by atoms with Crippen LogP contribution >= 0.6 is 0 Å². The molecule has 20 heavy (non-hydrogen) atoms. The Kier molecular flexibility index (Phi) is 3.83. The third-order valence-electron chi connectivity index (χ3n) is 3.66. The summed E-state index contributed by atoms with van der Waals surface area (Å²) in [5.74, 6) is -1.20. The van der Waals surface area contributed by atoms with Crippen molar-refractivity contribution in [3.8, 4) is 0 Å². The van der Waals surface area contributed by atoms with E-state index in [1.807, 2.05) is 48.5 Å². The van der Waals surface area contributed by atoms with Crippen molar-refractivity contribution in [3.05, 3.63) is 71.8 Å². The molecule has 2 aromatic rings. The second-order valence-corrected chi connectivity index (χ2v) is 5.20. The fourth-order valence-electron chi connectivity index (χ4n) is 2.62. The zero-order chi connectivity index (χ0) is 13.8. The van der Waals surface area contributed by atoms with Gasteiger partial charge in [0.25, 0.3) is 0 Å². The molecule has 1 heterocycles. The van der Waals surface area contributed by atoms with Crippen molar-refractivity contribution >= 4 is 0 Å². The molecule has 0 spiro atoms. The fraction of sp³-hybridized carbons (Fsp3) is 0.294. The van der Waals surface area contributed by atoms with Crippen molar-refractivity contribution in [3.63, 3.8) is 0 Å². The third kappa shape index (κ3) is 2.90. The van der Waals surface area contributed by atoms with Crippen LogP contribution in [-0.4, -0.2) is 29.7 Å². The molecule has 1 aliphatic rings. The van der Waals surface area contributed by atoms with Crippen molar-refractivity contribution < 1.29 is 9.84 Å². The zero-order valence-corrected chi connectivity index (χ0v) is 11.4. The van der Waals surface area contributed by atoms with Crippen LogP contribution < -0.4 is 0 Å². The molecule has 0 aromatic heterocycles. The van der Waals surface area contributed by atoms with Crippen LogP contribution in [0.4, 0.5) is 0 Å². The van der Waals surface area contributed by atoms with Crippen LogP contribution in [-0.2, 0) is 17.1 Å². The summed E-state index contributed by atoms with van der Waals surface area (Å²) in [4.78, 5) is 2.23. The molecule has 1 saturated heterocycles. The summed E-state index contributed by atoms with van der Waals surface area (Å²) in [6, 6.07) is 19.9. The first-order valence-corrected chi connectivity index (χ1v) is 6.94. The van der Waals surface area contributed by atoms with Crippen molar-refractivity contribution in [1.82, 2.24) is 4.90 Å². The van der Waals surface area contributed by atoms with Crippen molar-refractivity contribution in [2.45, 2.75) is 12.3 Å². The van der Waals surface area contributed by atoms with Crippen LogP contribution in [0.25, 0.3) is 0 Å². The number of hydrogen-bond donors (Lipinski definition) is 1. The average Bonchev–Trinajstić information content (AvgIpc) is 2.49. The standard InChI is InChI=1S/C17H19NO2/c19-17(16-9-5-2-6-10-16)14-18(11-12-20-17)13-15-7-3-1-4-8-15/h1-10,19H,11-14H2/t17-/m0/s1. The number of benzene rings is 2. The predicted octanol–water partition coefficient (Wildman–Crippen LogP) is 2.36. The van der Waals surface area contributed by atoms with Gasteiger partial charge in [-0.2, -0.15) is 0 Å². The van der Waals surface area contributed by atoms with E-state index in [0.717, 1.165) is 18.7 Å². The highest BCUT2D eigenvalue weighted by atomic mass is 16.6. The van der Waals surface area contributed by atoms with E-state index < -0.39 is 5.79 Å². The summed E-state index contributed by atoms with van der Waals surface area (Å²) >= 11 is 0. The van der Waals surface area contributed by atoms with Gasteiger partial charge in [-0.1, -0.05) is 60.7 Å². The lowest BCUT2D eigenvalue weighted by atomic mass is 10.0. The lowest BCUT2D eigenvalue weighted by molar-refractivity contribution is -0.249. The van der Waals surface area contributed by atoms with Gasteiger partial charge in [0.15, 0.2) is 0 Å². The van der Waals surface area contributed by atoms with Crippen molar-refractivity contribution in [1.29, 1.82) is 0 Å². The molecular weight excluding hydrogens is 250 g/mol. The minimum atomic E-state index is -1.20. The molecule has 3 rings (SSSR count). The van der Waals surface area contributed by atoms with E-state index in [1.165, 1.54) is 5.56 Å². The molecule has 0 aliphatic carbocycles. The second-order valence-electron chi connectivity index (χ2n) is 5.20. The van der Waals surface area contributed by atoms with Crippen LogP contribution in [0.2, 0.25) is 0 Å². The first-order chi connectivity index (χ1) is 9.76. The van der Waals surface area contributed by atoms with E-state index in [0.29, 0.717) is 13.2 Å². The Morgan fingerprint density at radius 2 is 1.65 bits per heavy atom. The topological polar surface area (TPSA) is 32.7 Å². The smallest absolute Gasteiger partial charge is 0.205 e. The number of ether oxygens (including phenoxy) is 1. The first-order valence-electron chi connectivity index (χ1n) is 6.94. The SMILES string of the molecule is O[C@@]1(c2ccccc2)CN(Cc2ccccc2)CCO1. The summed E-state index contributed by atoms with van der Waals surface area (Å²) in [6.07, 6.45) is 0. The van der Waals surface area contributed by atoms with Gasteiger partial charge >= 0.3 is 0 Å². The maximum absolute atomic E-state index is 10.7. The van der Waals surface area contributed by atoms with Gasteiger partial charge in [0.05, 0.1) is 13.2 Å². The fourth-order valence-corrected chi connectivity index (χ4v) is 2.62. The number of rotatable bonds is 3. The molecule has 3 nitrogen and oxygen atoms in total. The molecule has 0 radical (unpaired) electrons. The highest BCUT2D eigenvalue weighted by Gasteiger charge is 2.36. The molecule has 0 amide bonds. The summed E-state index contributed by atoms with van der Waals surface area (Å²) < 4.78 is 5.63. The van der Waals surface area contributed by atoms with Crippen LogP contribution in [0.15, 0.2) is 60.7 Å². The number of morpholine rings is 1. The Hall–Kier alpha value is -1.68. The van der Waals surface area contributed by atoms with Gasteiger partial charge in [0.1, 0.15) is 0 Å². The molecule has 0 bridgehead atoms. The molecule has 0 unspecified atom stereocenters. The lowest BCUT2D eigenvalue weighted by Crippen LogP contribution is -2.49. The minimum Gasteiger partial charge on any atom is -0.361 e. The lowest BCUT2D eigenvalue weighted by Gasteiger charge is -2.39. The largest absolute Gasteiger partial charge is 0.361 e. The number of β-amino-alcohol motifs (C(OH)–C–C–N with tert-alkyl or cyclic N) is 1. The summed E-state index contributed by atoms with van der Waals surface area (Å²) in [5, 5.41) is 10.7. The van der Waals surface area contributed by atoms with E-state index >= 15 is 0 Å². The Bertz CT molecular complexity index is 543. The van der Waals surface area contributed by atoms with Gasteiger partial charge in [-0.05, 0) is 5.56 Å². The Labute approximate surface area is 119 Å². The highest BCUT2D eigenvalue weighted by Crippen LogP contribution is 2.27. The molecule has 0 saturated carbocycles. The Morgan fingerprint density at radius 3 is 2.35 bits per heavy atom. The monoisotopic (exact) mass is 269 g/mol. The molecule has 1 aliphatic heterocycles. The highest BCUT2D eigenvalue weighted by molar-refractivity contribution is 5.21. The normalized spacial score (nSPS) is 23.6. The molecule has 1 N–H and O–H groups in total. The van der Waals surface area contributed by atoms with Crippen LogP contribution in [0.3, 0.4) is 0 Å². The second kappa shape index (κ2) is 5.75. The number of nitrogens with zero attached hydrogens (tertiary/aromatic N) is 1. The number of hydrogen-bond acceptors (Lipinski definition) is 3. The molecule has 2 aromatic carbocycles. The van der Waals surface area contributed by atoms with Gasteiger partial charge < -0.3 is 9.84 Å². The summed E-state index contributed by atoms with van der Waals surface area (Å²) in [7, 11) is 0. The average molecular weight is 269 g/mol. The minimum absolute atomic E-state index is 0.492. The van der Waals surface area contributed by atoms with E-state index in [1.54, 1.807) is 0 Å². The molecular formula is C17H19NO2. The molecule has 1 atom stereocenters. The van der Waals surface area contributed by atoms with Crippen LogP contribution in [0.5, 0.6) is 0 Å². The summed E-state index contributed by atoms with van der Waals surface area (Å²) in [6.45, 7) is 2.70. The third-order valence-corrected chi connectivity index (χ3v) is 3.66. The van der Waals surface area contributed by atoms with Crippen molar-refractivity contribution in [2.75, 3.05) is 19.7 Å². The van der Waals surface area contributed by atoms with Crippen LogP contribution in [0, 0.1) is 0 Å². The zero-order valence-electron chi connectivity index (χ0n) is 11.4. The predicted molar refractivity (Wildman–Crippen MR) is 78.0 cm³/mol. The maximum atomic E-state index is 10.7.